The zero-order valence-electron chi connectivity index (χ0n) is 20.8. The van der Waals surface area contributed by atoms with Crippen LogP contribution in [0.2, 0.25) is 0 Å². The van der Waals surface area contributed by atoms with Gasteiger partial charge in [0, 0.05) is 6.54 Å². The van der Waals surface area contributed by atoms with Gasteiger partial charge in [0.1, 0.15) is 0 Å². The molecule has 0 unspecified atom stereocenters. The van der Waals surface area contributed by atoms with Crippen LogP contribution in [0.25, 0.3) is 0 Å². The van der Waals surface area contributed by atoms with Crippen molar-refractivity contribution in [1.82, 2.24) is 5.32 Å². The van der Waals surface area contributed by atoms with Crippen LogP contribution in [0.15, 0.2) is 12.2 Å². The quantitative estimate of drug-likeness (QED) is 0.330. The van der Waals surface area contributed by atoms with Crippen molar-refractivity contribution < 1.29 is 28.0 Å². The maximum Gasteiger partial charge on any atom is 0.266 e. The average molecular weight is 498 g/mol. The fourth-order valence-electron chi connectivity index (χ4n) is 8.83. The molecule has 0 radical (unpaired) electrons. The van der Waals surface area contributed by atoms with Crippen LogP contribution in [0.3, 0.4) is 0 Å². The maximum atomic E-state index is 12.1. The van der Waals surface area contributed by atoms with E-state index in [1.54, 1.807) is 0 Å². The molecule has 34 heavy (non-hydrogen) atoms. The summed E-state index contributed by atoms with van der Waals surface area (Å²) in [4.78, 5) is 12.1. The molecule has 194 valence electrons. The summed E-state index contributed by atoms with van der Waals surface area (Å²) in [5.74, 6) is 1.71. The van der Waals surface area contributed by atoms with E-state index in [1.165, 1.54) is 18.9 Å². The summed E-state index contributed by atoms with van der Waals surface area (Å²) in [6.07, 6.45) is 11.0. The number of amides is 1. The van der Waals surface area contributed by atoms with Crippen LogP contribution < -0.4 is 5.32 Å². The van der Waals surface area contributed by atoms with Crippen LogP contribution in [0, 0.1) is 46.3 Å². The first kappa shape index (κ1) is 26.1. The highest BCUT2D eigenvalue weighted by atomic mass is 32.2. The summed E-state index contributed by atoms with van der Waals surface area (Å²) in [7, 11) is -4.10. The Bertz CT molecular complexity index is 905. The predicted octanol–water partition coefficient (Wildman–Crippen LogP) is 3.17. The number of nitrogens with one attached hydrogen (secondary N) is 1. The van der Waals surface area contributed by atoms with Crippen molar-refractivity contribution in [1.29, 1.82) is 0 Å². The van der Waals surface area contributed by atoms with Gasteiger partial charge in [0.15, 0.2) is 0 Å². The van der Waals surface area contributed by atoms with E-state index in [2.05, 4.69) is 26.1 Å². The van der Waals surface area contributed by atoms with Crippen LogP contribution in [-0.4, -0.2) is 53.6 Å². The van der Waals surface area contributed by atoms with Crippen molar-refractivity contribution in [2.75, 3.05) is 12.3 Å². The number of aliphatic hydroxyl groups is 2. The second-order valence-corrected chi connectivity index (χ2v) is 13.8. The smallest absolute Gasteiger partial charge is 0.266 e. The molecule has 7 nitrogen and oxygen atoms in total. The minimum atomic E-state index is -4.10. The highest BCUT2D eigenvalue weighted by Crippen LogP contribution is 2.68. The topological polar surface area (TPSA) is 124 Å². The molecular weight excluding hydrogens is 454 g/mol. The van der Waals surface area contributed by atoms with Gasteiger partial charge in [0.2, 0.25) is 5.91 Å². The van der Waals surface area contributed by atoms with E-state index in [0.717, 1.165) is 38.5 Å². The second kappa shape index (κ2) is 9.49. The van der Waals surface area contributed by atoms with Gasteiger partial charge >= 0.3 is 0 Å². The average Bonchev–Trinajstić information content (AvgIpc) is 3.11. The summed E-state index contributed by atoms with van der Waals surface area (Å²) in [5, 5.41) is 24.3. The highest BCUT2D eigenvalue weighted by molar-refractivity contribution is 7.85. The minimum Gasteiger partial charge on any atom is -0.393 e. The number of allylic oxidation sites excluding steroid dienone is 1. The Hall–Kier alpha value is -0.960. The van der Waals surface area contributed by atoms with Gasteiger partial charge in [-0.2, -0.15) is 8.42 Å². The van der Waals surface area contributed by atoms with Crippen molar-refractivity contribution >= 4 is 16.0 Å². The van der Waals surface area contributed by atoms with Crippen molar-refractivity contribution in [2.45, 2.75) is 84.3 Å². The Kier molecular flexibility index (Phi) is 7.29. The summed E-state index contributed by atoms with van der Waals surface area (Å²) in [5.41, 5.74) is 0.0396. The van der Waals surface area contributed by atoms with Gasteiger partial charge in [0.25, 0.3) is 10.1 Å². The Morgan fingerprint density at radius 2 is 1.82 bits per heavy atom. The van der Waals surface area contributed by atoms with Gasteiger partial charge in [-0.05, 0) is 104 Å². The molecule has 1 amide bonds. The van der Waals surface area contributed by atoms with Crippen molar-refractivity contribution in [2.24, 2.45) is 46.3 Å². The molecule has 0 aliphatic heterocycles. The van der Waals surface area contributed by atoms with E-state index in [4.69, 9.17) is 4.55 Å². The molecule has 0 spiro atoms. The molecule has 8 heteroatoms. The Morgan fingerprint density at radius 3 is 2.53 bits per heavy atom. The third kappa shape index (κ3) is 4.72. The molecule has 4 saturated carbocycles. The third-order valence-electron chi connectivity index (χ3n) is 10.7. The van der Waals surface area contributed by atoms with E-state index < -0.39 is 15.9 Å². The first-order chi connectivity index (χ1) is 15.9. The monoisotopic (exact) mass is 497 g/mol. The summed E-state index contributed by atoms with van der Waals surface area (Å²) < 4.78 is 30.4. The molecule has 4 aliphatic rings. The van der Waals surface area contributed by atoms with Gasteiger partial charge in [-0.1, -0.05) is 26.8 Å². The molecule has 4 fully saturated rings. The van der Waals surface area contributed by atoms with Crippen LogP contribution in [0.4, 0.5) is 0 Å². The van der Waals surface area contributed by atoms with Crippen LogP contribution in [0.1, 0.15) is 72.1 Å². The summed E-state index contributed by atoms with van der Waals surface area (Å²) in [6, 6.07) is 0. The molecule has 0 aromatic heterocycles. The van der Waals surface area contributed by atoms with Crippen molar-refractivity contribution in [3.63, 3.8) is 0 Å². The van der Waals surface area contributed by atoms with Gasteiger partial charge in [-0.15, -0.1) is 0 Å². The van der Waals surface area contributed by atoms with Crippen LogP contribution >= 0.6 is 0 Å². The van der Waals surface area contributed by atoms with Crippen LogP contribution in [0.5, 0.6) is 0 Å². The van der Waals surface area contributed by atoms with E-state index in [9.17, 15) is 23.4 Å². The Morgan fingerprint density at radius 1 is 1.09 bits per heavy atom. The molecule has 0 saturated heterocycles. The molecule has 4 rings (SSSR count). The number of hydrogen-bond donors (Lipinski definition) is 4. The van der Waals surface area contributed by atoms with Crippen molar-refractivity contribution in [3.05, 3.63) is 12.2 Å². The molecular formula is C26H43NO6S. The van der Waals surface area contributed by atoms with Gasteiger partial charge in [-0.3, -0.25) is 9.35 Å². The SMILES string of the molecule is C[C@H](C=CC(=O)NCCS(=O)(=O)O)[C@H]1CC[C@H]2[C@@H]3CC[C@@H]4C[C@H](O)CC[C@]4(C)[C@H]3C[C@H](O)[C@]12C. The zero-order chi connectivity index (χ0) is 24.9. The molecule has 0 aromatic rings. The lowest BCUT2D eigenvalue weighted by Crippen LogP contribution is -2.58. The first-order valence-electron chi connectivity index (χ1n) is 13.1. The fourth-order valence-corrected chi connectivity index (χ4v) is 9.19. The summed E-state index contributed by atoms with van der Waals surface area (Å²) in [6.45, 7) is 6.68. The molecule has 0 aromatic carbocycles. The Balaban J connectivity index is 1.44. The predicted molar refractivity (Wildman–Crippen MR) is 130 cm³/mol. The number of hydrogen-bond acceptors (Lipinski definition) is 5. The number of aliphatic hydroxyl groups excluding tert-OH is 2. The van der Waals surface area contributed by atoms with E-state index in [0.29, 0.717) is 23.7 Å². The molecule has 4 aliphatic carbocycles. The number of carbonyl (C=O) groups is 1. The fraction of sp³-hybridized carbons (Fsp3) is 0.885. The summed E-state index contributed by atoms with van der Waals surface area (Å²) >= 11 is 0. The minimum absolute atomic E-state index is 0.116. The highest BCUT2D eigenvalue weighted by Gasteiger charge is 2.63. The lowest BCUT2D eigenvalue weighted by molar-refractivity contribution is -0.173. The lowest BCUT2D eigenvalue weighted by atomic mass is 9.43. The third-order valence-corrected chi connectivity index (χ3v) is 11.4. The normalized spacial score (nSPS) is 45.3. The number of fused-ring (bicyclic) bond motifs is 5. The van der Waals surface area contributed by atoms with Gasteiger partial charge in [0.05, 0.1) is 18.0 Å². The maximum absolute atomic E-state index is 12.1. The van der Waals surface area contributed by atoms with Crippen molar-refractivity contribution in [3.8, 4) is 0 Å². The standard InChI is InChI=1S/C26H43NO6S/c1-16(4-9-24(30)27-12-13-34(31,32)33)20-7-8-21-19-6-5-17-14-18(28)10-11-25(17,2)22(19)15-23(29)26(20,21)3/h4,9,16-23,28-29H,5-8,10-15H2,1-3H3,(H,27,30)(H,31,32,33)/t16-,17-,18-,19+,20-,21+,22+,23+,25+,26-/m1/s1. The van der Waals surface area contributed by atoms with Gasteiger partial charge < -0.3 is 15.5 Å². The first-order valence-corrected chi connectivity index (χ1v) is 14.7. The Labute approximate surface area is 204 Å². The molecule has 4 N–H and O–H groups in total. The van der Waals surface area contributed by atoms with Gasteiger partial charge in [-0.25, -0.2) is 0 Å². The van der Waals surface area contributed by atoms with Crippen LogP contribution in [-0.2, 0) is 14.9 Å². The number of rotatable bonds is 6. The molecule has 0 bridgehead atoms. The second-order valence-electron chi connectivity index (χ2n) is 12.2. The lowest BCUT2D eigenvalue weighted by Gasteiger charge is -2.62. The largest absolute Gasteiger partial charge is 0.393 e. The zero-order valence-corrected chi connectivity index (χ0v) is 21.6. The van der Waals surface area contributed by atoms with E-state index >= 15 is 0 Å². The molecule has 10 atom stereocenters. The van der Waals surface area contributed by atoms with E-state index in [-0.39, 0.29) is 47.3 Å². The molecule has 0 heterocycles. The number of carbonyl (C=O) groups excluding carboxylic acids is 1. The van der Waals surface area contributed by atoms with E-state index in [1.807, 2.05) is 6.08 Å².